The van der Waals surface area contributed by atoms with E-state index >= 15 is 0 Å². The van der Waals surface area contributed by atoms with Crippen molar-refractivity contribution in [3.8, 4) is 11.4 Å². The van der Waals surface area contributed by atoms with Gasteiger partial charge in [0.2, 0.25) is 5.82 Å². The molecular weight excluding hydrogens is 390 g/mol. The largest absolute Gasteiger partial charge is 0.322 e. The van der Waals surface area contributed by atoms with E-state index in [0.717, 1.165) is 30.6 Å². The van der Waals surface area contributed by atoms with Gasteiger partial charge < -0.3 is 10.6 Å². The molecule has 2 N–H and O–H groups in total. The van der Waals surface area contributed by atoms with Crippen molar-refractivity contribution in [2.45, 2.75) is 26.3 Å². The molecule has 3 heterocycles. The van der Waals surface area contributed by atoms with Crippen LogP contribution >= 0.6 is 12.4 Å². The Morgan fingerprint density at radius 1 is 1.31 bits per heavy atom. The normalized spacial score (nSPS) is 15.7. The third kappa shape index (κ3) is 5.16. The van der Waals surface area contributed by atoms with Crippen LogP contribution in [0.3, 0.4) is 0 Å². The number of benzene rings is 1. The summed E-state index contributed by atoms with van der Waals surface area (Å²) in [4.78, 5) is 18.5. The lowest BCUT2D eigenvalue weighted by Gasteiger charge is -2.10. The number of rotatable bonds is 6. The van der Waals surface area contributed by atoms with Crippen LogP contribution in [0, 0.1) is 5.92 Å². The van der Waals surface area contributed by atoms with Crippen LogP contribution in [0.2, 0.25) is 0 Å². The van der Waals surface area contributed by atoms with Gasteiger partial charge in [-0.15, -0.1) is 22.6 Å². The van der Waals surface area contributed by atoms with Crippen LogP contribution in [0.5, 0.6) is 0 Å². The van der Waals surface area contributed by atoms with Gasteiger partial charge in [0.25, 0.3) is 5.91 Å². The predicted molar refractivity (Wildman–Crippen MR) is 113 cm³/mol. The Hall–Kier alpha value is -2.84. The average Bonchev–Trinajstić information content (AvgIpc) is 3.40. The number of anilines is 1. The number of hydrogen-bond acceptors (Lipinski definition) is 6. The first-order valence-electron chi connectivity index (χ1n) is 9.55. The third-order valence-corrected chi connectivity index (χ3v) is 4.86. The summed E-state index contributed by atoms with van der Waals surface area (Å²) in [6, 6.07) is 9.37. The molecule has 1 aromatic carbocycles. The number of pyridine rings is 1. The average molecular weight is 414 g/mol. The Morgan fingerprint density at radius 2 is 2.21 bits per heavy atom. The minimum atomic E-state index is -0.179. The molecule has 4 rings (SSSR count). The zero-order valence-corrected chi connectivity index (χ0v) is 17.0. The van der Waals surface area contributed by atoms with E-state index in [1.54, 1.807) is 6.20 Å². The molecule has 0 radical (unpaired) electrons. The Kier molecular flexibility index (Phi) is 6.90. The summed E-state index contributed by atoms with van der Waals surface area (Å²) in [6.07, 6.45) is 5.55. The highest BCUT2D eigenvalue weighted by Gasteiger charge is 2.16. The summed E-state index contributed by atoms with van der Waals surface area (Å²) < 4.78 is 0. The van der Waals surface area contributed by atoms with Gasteiger partial charge in [0.05, 0.1) is 12.1 Å². The fourth-order valence-electron chi connectivity index (χ4n) is 3.38. The number of nitrogens with one attached hydrogen (secondary N) is 2. The van der Waals surface area contributed by atoms with Crippen molar-refractivity contribution in [1.82, 2.24) is 30.5 Å². The molecular formula is C20H24ClN7O. The number of aromatic nitrogens is 5. The lowest BCUT2D eigenvalue weighted by molar-refractivity contribution is 0.102. The van der Waals surface area contributed by atoms with Gasteiger partial charge in [0, 0.05) is 23.6 Å². The summed E-state index contributed by atoms with van der Waals surface area (Å²) in [5.74, 6) is 0.967. The SMILES string of the molecule is CCn1nnc(-c2cccc(NC(=O)c3cncc(CC4CCNC4)c3)c2)n1.Cl. The van der Waals surface area contributed by atoms with Gasteiger partial charge in [0.1, 0.15) is 0 Å². The summed E-state index contributed by atoms with van der Waals surface area (Å²) in [5, 5.41) is 18.6. The van der Waals surface area contributed by atoms with Gasteiger partial charge in [-0.1, -0.05) is 12.1 Å². The third-order valence-electron chi connectivity index (χ3n) is 4.86. The zero-order valence-electron chi connectivity index (χ0n) is 16.2. The van der Waals surface area contributed by atoms with E-state index in [2.05, 4.69) is 31.0 Å². The van der Waals surface area contributed by atoms with E-state index in [9.17, 15) is 4.79 Å². The summed E-state index contributed by atoms with van der Waals surface area (Å²) in [7, 11) is 0. The quantitative estimate of drug-likeness (QED) is 0.644. The van der Waals surface area contributed by atoms with E-state index in [4.69, 9.17) is 0 Å². The van der Waals surface area contributed by atoms with Crippen molar-refractivity contribution in [1.29, 1.82) is 0 Å². The van der Waals surface area contributed by atoms with E-state index in [0.29, 0.717) is 29.5 Å². The van der Waals surface area contributed by atoms with Crippen molar-refractivity contribution in [3.05, 3.63) is 53.9 Å². The monoisotopic (exact) mass is 413 g/mol. The second kappa shape index (κ2) is 9.58. The molecule has 1 fully saturated rings. The van der Waals surface area contributed by atoms with Crippen LogP contribution in [0.4, 0.5) is 5.69 Å². The molecule has 0 bridgehead atoms. The summed E-state index contributed by atoms with van der Waals surface area (Å²) >= 11 is 0. The molecule has 1 unspecified atom stereocenters. The molecule has 152 valence electrons. The highest BCUT2D eigenvalue weighted by Crippen LogP contribution is 2.20. The van der Waals surface area contributed by atoms with Gasteiger partial charge >= 0.3 is 0 Å². The lowest BCUT2D eigenvalue weighted by atomic mass is 9.99. The number of carbonyl (C=O) groups excluding carboxylic acids is 1. The molecule has 1 amide bonds. The number of tetrazole rings is 1. The van der Waals surface area contributed by atoms with Gasteiger partial charge in [-0.3, -0.25) is 9.78 Å². The zero-order chi connectivity index (χ0) is 19.3. The topological polar surface area (TPSA) is 97.6 Å². The van der Waals surface area contributed by atoms with E-state index in [-0.39, 0.29) is 18.3 Å². The maximum atomic E-state index is 12.7. The second-order valence-electron chi connectivity index (χ2n) is 6.98. The number of halogens is 1. The molecule has 1 saturated heterocycles. The minimum Gasteiger partial charge on any atom is -0.322 e. The molecule has 9 heteroatoms. The molecule has 0 aliphatic carbocycles. The molecule has 1 aliphatic rings. The van der Waals surface area contributed by atoms with Crippen molar-refractivity contribution in [2.24, 2.45) is 5.92 Å². The van der Waals surface area contributed by atoms with Crippen LogP contribution in [0.15, 0.2) is 42.7 Å². The maximum Gasteiger partial charge on any atom is 0.257 e. The van der Waals surface area contributed by atoms with E-state index in [1.165, 1.54) is 11.2 Å². The lowest BCUT2D eigenvalue weighted by Crippen LogP contribution is -2.14. The maximum absolute atomic E-state index is 12.7. The number of aryl methyl sites for hydroxylation is 1. The molecule has 0 spiro atoms. The van der Waals surface area contributed by atoms with Crippen LogP contribution in [0.1, 0.15) is 29.3 Å². The Bertz CT molecular complexity index is 969. The number of hydrogen-bond donors (Lipinski definition) is 2. The molecule has 8 nitrogen and oxygen atoms in total. The smallest absolute Gasteiger partial charge is 0.257 e. The molecule has 1 aliphatic heterocycles. The van der Waals surface area contributed by atoms with E-state index in [1.807, 2.05) is 43.5 Å². The van der Waals surface area contributed by atoms with Crippen LogP contribution in [-0.4, -0.2) is 44.2 Å². The highest BCUT2D eigenvalue weighted by atomic mass is 35.5. The van der Waals surface area contributed by atoms with Crippen molar-refractivity contribution in [3.63, 3.8) is 0 Å². The first-order valence-corrected chi connectivity index (χ1v) is 9.55. The van der Waals surface area contributed by atoms with Crippen LogP contribution in [0.25, 0.3) is 11.4 Å². The van der Waals surface area contributed by atoms with Gasteiger partial charge in [-0.25, -0.2) is 0 Å². The van der Waals surface area contributed by atoms with Crippen LogP contribution in [-0.2, 0) is 13.0 Å². The molecule has 0 saturated carbocycles. The molecule has 29 heavy (non-hydrogen) atoms. The fourth-order valence-corrected chi connectivity index (χ4v) is 3.38. The highest BCUT2D eigenvalue weighted by molar-refractivity contribution is 6.04. The van der Waals surface area contributed by atoms with E-state index < -0.39 is 0 Å². The Morgan fingerprint density at radius 3 is 2.97 bits per heavy atom. The first kappa shape index (κ1) is 20.9. The fraction of sp³-hybridized carbons (Fsp3) is 0.350. The van der Waals surface area contributed by atoms with Gasteiger partial charge in [0.15, 0.2) is 0 Å². The molecule has 2 aromatic heterocycles. The summed E-state index contributed by atoms with van der Waals surface area (Å²) in [5.41, 5.74) is 3.14. The Labute approximate surface area is 175 Å². The predicted octanol–water partition coefficient (Wildman–Crippen LogP) is 2.58. The van der Waals surface area contributed by atoms with Gasteiger partial charge in [-0.05, 0) is 67.7 Å². The van der Waals surface area contributed by atoms with Crippen molar-refractivity contribution in [2.75, 3.05) is 18.4 Å². The first-order chi connectivity index (χ1) is 13.7. The Balaban J connectivity index is 0.00000240. The number of amides is 1. The number of nitrogens with zero attached hydrogens (tertiary/aromatic N) is 5. The number of carbonyl (C=O) groups is 1. The molecule has 1 atom stereocenters. The van der Waals surface area contributed by atoms with Crippen molar-refractivity contribution < 1.29 is 4.79 Å². The van der Waals surface area contributed by atoms with Gasteiger partial charge in [-0.2, -0.15) is 4.80 Å². The summed E-state index contributed by atoms with van der Waals surface area (Å²) in [6.45, 7) is 4.70. The minimum absolute atomic E-state index is 0. The van der Waals surface area contributed by atoms with Crippen LogP contribution < -0.4 is 10.6 Å². The molecule has 3 aromatic rings. The second-order valence-corrected chi connectivity index (χ2v) is 6.98. The van der Waals surface area contributed by atoms with Crippen molar-refractivity contribution >= 4 is 24.0 Å². The standard InChI is InChI=1S/C20H23N7O.ClH/c1-2-27-25-19(24-26-27)16-4-3-5-18(10-16)23-20(28)17-9-15(12-22-13-17)8-14-6-7-21-11-14;/h3-5,9-10,12-14,21H,2,6-8,11H2,1H3,(H,23,28);1H.